The average molecular weight is 140 g/mol. The van der Waals surface area contributed by atoms with Gasteiger partial charge in [-0.05, 0) is 25.0 Å². The molecule has 0 bridgehead atoms. The summed E-state index contributed by atoms with van der Waals surface area (Å²) in [5.74, 6) is 0. The molecule has 1 heterocycles. The van der Waals surface area contributed by atoms with Crippen LogP contribution in [0.4, 0.5) is 0 Å². The van der Waals surface area contributed by atoms with E-state index < -0.39 is 0 Å². The molecule has 0 aromatic heterocycles. The van der Waals surface area contributed by atoms with Gasteiger partial charge < -0.3 is 11.1 Å². The van der Waals surface area contributed by atoms with Crippen molar-refractivity contribution in [1.29, 1.82) is 0 Å². The molecule has 0 radical (unpaired) electrons. The van der Waals surface area contributed by atoms with Crippen molar-refractivity contribution in [3.8, 4) is 0 Å². The lowest BCUT2D eigenvalue weighted by Gasteiger charge is -2.24. The molecular formula is C8H16N2. The van der Waals surface area contributed by atoms with Gasteiger partial charge in [-0.1, -0.05) is 13.0 Å². The molecule has 1 rings (SSSR count). The maximum atomic E-state index is 5.46. The minimum Gasteiger partial charge on any atom is -0.327 e. The van der Waals surface area contributed by atoms with Gasteiger partial charge in [0.15, 0.2) is 0 Å². The van der Waals surface area contributed by atoms with Crippen LogP contribution in [0.3, 0.4) is 0 Å². The fourth-order valence-corrected chi connectivity index (χ4v) is 1.34. The molecule has 1 aliphatic rings. The third-order valence-electron chi connectivity index (χ3n) is 2.07. The van der Waals surface area contributed by atoms with Crippen LogP contribution >= 0.6 is 0 Å². The first-order valence-electron chi connectivity index (χ1n) is 3.95. The minimum absolute atomic E-state index is 0.499. The summed E-state index contributed by atoms with van der Waals surface area (Å²) in [4.78, 5) is 0. The van der Waals surface area contributed by atoms with Crippen molar-refractivity contribution in [1.82, 2.24) is 5.32 Å². The van der Waals surface area contributed by atoms with E-state index in [9.17, 15) is 0 Å². The SMILES string of the molecule is C=C(CN)C1CCCCN1. The maximum absolute atomic E-state index is 5.46. The summed E-state index contributed by atoms with van der Waals surface area (Å²) < 4.78 is 0. The van der Waals surface area contributed by atoms with Crippen LogP contribution < -0.4 is 11.1 Å². The minimum atomic E-state index is 0.499. The molecule has 2 nitrogen and oxygen atoms in total. The van der Waals surface area contributed by atoms with E-state index in [1.807, 2.05) is 0 Å². The highest BCUT2D eigenvalue weighted by molar-refractivity contribution is 5.07. The van der Waals surface area contributed by atoms with E-state index in [2.05, 4.69) is 11.9 Å². The molecule has 0 spiro atoms. The molecule has 0 aromatic rings. The standard InChI is InChI=1S/C8H16N2/c1-7(6-9)8-4-2-3-5-10-8/h8,10H,1-6,9H2. The Bertz CT molecular complexity index is 114. The molecule has 1 unspecified atom stereocenters. The van der Waals surface area contributed by atoms with Crippen LogP contribution in [0.1, 0.15) is 19.3 Å². The summed E-state index contributed by atoms with van der Waals surface area (Å²) in [5, 5.41) is 3.39. The van der Waals surface area contributed by atoms with Gasteiger partial charge in [-0.15, -0.1) is 0 Å². The monoisotopic (exact) mass is 140 g/mol. The summed E-state index contributed by atoms with van der Waals surface area (Å²) in [6, 6.07) is 0.499. The molecule has 58 valence electrons. The van der Waals surface area contributed by atoms with Crippen LogP contribution in [0.25, 0.3) is 0 Å². The second-order valence-corrected chi connectivity index (χ2v) is 2.86. The summed E-state index contributed by atoms with van der Waals surface area (Å²) in [5.41, 5.74) is 6.62. The van der Waals surface area contributed by atoms with Crippen molar-refractivity contribution in [2.75, 3.05) is 13.1 Å². The average Bonchev–Trinajstić information content (AvgIpc) is 2.05. The molecule has 0 aromatic carbocycles. The van der Waals surface area contributed by atoms with Gasteiger partial charge in [0, 0.05) is 12.6 Å². The second-order valence-electron chi connectivity index (χ2n) is 2.86. The van der Waals surface area contributed by atoms with E-state index in [1.54, 1.807) is 0 Å². The molecule has 1 aliphatic heterocycles. The molecule has 1 atom stereocenters. The predicted molar refractivity (Wildman–Crippen MR) is 43.8 cm³/mol. The van der Waals surface area contributed by atoms with Crippen molar-refractivity contribution < 1.29 is 0 Å². The van der Waals surface area contributed by atoms with Gasteiger partial charge in [-0.3, -0.25) is 0 Å². The second kappa shape index (κ2) is 3.74. The van der Waals surface area contributed by atoms with Crippen LogP contribution in [-0.2, 0) is 0 Å². The number of hydrogen-bond donors (Lipinski definition) is 2. The van der Waals surface area contributed by atoms with Crippen LogP contribution in [0.5, 0.6) is 0 Å². The molecule has 1 saturated heterocycles. The Kier molecular flexibility index (Phi) is 2.90. The van der Waals surface area contributed by atoms with Gasteiger partial charge in [0.05, 0.1) is 0 Å². The van der Waals surface area contributed by atoms with Gasteiger partial charge in [0.25, 0.3) is 0 Å². The highest BCUT2D eigenvalue weighted by Gasteiger charge is 2.13. The van der Waals surface area contributed by atoms with E-state index in [0.29, 0.717) is 12.6 Å². The van der Waals surface area contributed by atoms with Gasteiger partial charge in [-0.2, -0.15) is 0 Å². The van der Waals surface area contributed by atoms with Crippen molar-refractivity contribution in [3.63, 3.8) is 0 Å². The third kappa shape index (κ3) is 1.82. The summed E-state index contributed by atoms with van der Waals surface area (Å²) >= 11 is 0. The Morgan fingerprint density at radius 1 is 1.60 bits per heavy atom. The zero-order valence-corrected chi connectivity index (χ0v) is 6.40. The smallest absolute Gasteiger partial charge is 0.0289 e. The van der Waals surface area contributed by atoms with E-state index in [1.165, 1.54) is 19.3 Å². The van der Waals surface area contributed by atoms with Gasteiger partial charge in [0.1, 0.15) is 0 Å². The highest BCUT2D eigenvalue weighted by atomic mass is 14.9. The first-order chi connectivity index (χ1) is 4.84. The van der Waals surface area contributed by atoms with Crippen LogP contribution in [0.15, 0.2) is 12.2 Å². The molecule has 1 fully saturated rings. The molecular weight excluding hydrogens is 124 g/mol. The van der Waals surface area contributed by atoms with Crippen LogP contribution in [0.2, 0.25) is 0 Å². The summed E-state index contributed by atoms with van der Waals surface area (Å²) in [7, 11) is 0. The zero-order valence-electron chi connectivity index (χ0n) is 6.40. The molecule has 0 aliphatic carbocycles. The van der Waals surface area contributed by atoms with Crippen molar-refractivity contribution >= 4 is 0 Å². The van der Waals surface area contributed by atoms with E-state index in [4.69, 9.17) is 5.73 Å². The van der Waals surface area contributed by atoms with Crippen LogP contribution in [0, 0.1) is 0 Å². The van der Waals surface area contributed by atoms with Crippen molar-refractivity contribution in [2.24, 2.45) is 5.73 Å². The fourth-order valence-electron chi connectivity index (χ4n) is 1.34. The molecule has 10 heavy (non-hydrogen) atoms. The molecule has 0 saturated carbocycles. The number of nitrogens with two attached hydrogens (primary N) is 1. The normalized spacial score (nSPS) is 26.3. The first-order valence-corrected chi connectivity index (χ1v) is 3.95. The lowest BCUT2D eigenvalue weighted by Crippen LogP contribution is -2.37. The third-order valence-corrected chi connectivity index (χ3v) is 2.07. The summed E-state index contributed by atoms with van der Waals surface area (Å²) in [6.45, 7) is 5.66. The largest absolute Gasteiger partial charge is 0.327 e. The molecule has 3 N–H and O–H groups in total. The number of rotatable bonds is 2. The van der Waals surface area contributed by atoms with Crippen molar-refractivity contribution in [2.45, 2.75) is 25.3 Å². The van der Waals surface area contributed by atoms with Gasteiger partial charge in [0.2, 0.25) is 0 Å². The lowest BCUT2D eigenvalue weighted by atomic mass is 9.99. The maximum Gasteiger partial charge on any atom is 0.0289 e. The fraction of sp³-hybridized carbons (Fsp3) is 0.750. The Morgan fingerprint density at radius 2 is 2.40 bits per heavy atom. The van der Waals surface area contributed by atoms with E-state index >= 15 is 0 Å². The number of nitrogens with one attached hydrogen (secondary N) is 1. The molecule has 0 amide bonds. The zero-order chi connectivity index (χ0) is 7.40. The predicted octanol–water partition coefficient (Wildman–Crippen LogP) is 0.643. The Morgan fingerprint density at radius 3 is 2.90 bits per heavy atom. The number of hydrogen-bond acceptors (Lipinski definition) is 2. The van der Waals surface area contributed by atoms with Crippen molar-refractivity contribution in [3.05, 3.63) is 12.2 Å². The van der Waals surface area contributed by atoms with Crippen LogP contribution in [-0.4, -0.2) is 19.1 Å². The highest BCUT2D eigenvalue weighted by Crippen LogP contribution is 2.11. The lowest BCUT2D eigenvalue weighted by molar-refractivity contribution is 0.437. The summed E-state index contributed by atoms with van der Waals surface area (Å²) in [6.07, 6.45) is 3.83. The Labute approximate surface area is 62.5 Å². The van der Waals surface area contributed by atoms with Gasteiger partial charge in [-0.25, -0.2) is 0 Å². The Balaban J connectivity index is 2.31. The molecule has 2 heteroatoms. The number of piperidine rings is 1. The van der Waals surface area contributed by atoms with E-state index in [0.717, 1.165) is 12.1 Å². The topological polar surface area (TPSA) is 38.0 Å². The first kappa shape index (κ1) is 7.76. The van der Waals surface area contributed by atoms with E-state index in [-0.39, 0.29) is 0 Å². The van der Waals surface area contributed by atoms with Gasteiger partial charge >= 0.3 is 0 Å². The Hall–Kier alpha value is -0.340. The quantitative estimate of drug-likeness (QED) is 0.552.